The Morgan fingerprint density at radius 3 is 2.16 bits per heavy atom. The van der Waals surface area contributed by atoms with E-state index in [0.29, 0.717) is 18.5 Å². The number of carboxylic acid groups (broad SMARTS) is 1. The van der Waals surface area contributed by atoms with E-state index in [1.165, 1.54) is 11.0 Å². The van der Waals surface area contributed by atoms with Crippen molar-refractivity contribution in [2.75, 3.05) is 13.1 Å². The fourth-order valence-corrected chi connectivity index (χ4v) is 3.21. The highest BCUT2D eigenvalue weighted by Crippen LogP contribution is 2.27. The zero-order chi connectivity index (χ0) is 24.1. The molecule has 0 spiro atoms. The molecule has 0 radical (unpaired) electrons. The van der Waals surface area contributed by atoms with Crippen LogP contribution in [-0.2, 0) is 9.59 Å². The minimum Gasteiger partial charge on any atom is -0.475 e. The fraction of sp³-hybridized carbons (Fsp3) is 0.364. The minimum atomic E-state index is -5.08. The summed E-state index contributed by atoms with van der Waals surface area (Å²) in [5.74, 6) is -3.45. The van der Waals surface area contributed by atoms with E-state index in [0.717, 1.165) is 11.1 Å². The summed E-state index contributed by atoms with van der Waals surface area (Å²) in [6.45, 7) is 2.43. The number of hydrogen-bond donors (Lipinski definition) is 2. The van der Waals surface area contributed by atoms with Gasteiger partial charge in [-0.25, -0.2) is 13.6 Å². The maximum Gasteiger partial charge on any atom is 0.490 e. The molecule has 1 heterocycles. The lowest BCUT2D eigenvalue weighted by atomic mass is 9.91. The van der Waals surface area contributed by atoms with E-state index in [9.17, 15) is 26.7 Å². The Bertz CT molecular complexity index is 934. The summed E-state index contributed by atoms with van der Waals surface area (Å²) >= 11 is 0. The summed E-state index contributed by atoms with van der Waals surface area (Å²) < 4.78 is 58.9. The zero-order valence-corrected chi connectivity index (χ0v) is 17.2. The van der Waals surface area contributed by atoms with Gasteiger partial charge in [0.25, 0.3) is 0 Å². The molecule has 174 valence electrons. The van der Waals surface area contributed by atoms with E-state index in [1.54, 1.807) is 18.2 Å². The molecule has 0 unspecified atom stereocenters. The standard InChI is InChI=1S/C20H22F2N2O.C2HF3O2/c1-13(19(23)20(25)24-11-10-16(21)12-24)14-6-8-15(9-7-14)17-4-2-3-5-18(17)22;3-2(4,5)1(6)7/h2-9,13,16,19H,10-12,23H2,1H3;(H,6,7)/t13-,16-,19-;/m0./s1. The highest BCUT2D eigenvalue weighted by atomic mass is 19.4. The first-order valence-corrected chi connectivity index (χ1v) is 9.75. The number of rotatable bonds is 4. The second-order valence-corrected chi connectivity index (χ2v) is 7.39. The number of benzene rings is 2. The van der Waals surface area contributed by atoms with Gasteiger partial charge in [-0.3, -0.25) is 4.79 Å². The van der Waals surface area contributed by atoms with Gasteiger partial charge in [0, 0.05) is 18.0 Å². The van der Waals surface area contributed by atoms with E-state index < -0.39 is 24.4 Å². The average molecular weight is 458 g/mol. The van der Waals surface area contributed by atoms with Crippen LogP contribution in [0.5, 0.6) is 0 Å². The molecule has 1 aliphatic heterocycles. The summed E-state index contributed by atoms with van der Waals surface area (Å²) in [5.41, 5.74) is 8.32. The Balaban J connectivity index is 0.000000451. The second-order valence-electron chi connectivity index (χ2n) is 7.39. The molecule has 3 rings (SSSR count). The maximum absolute atomic E-state index is 13.9. The number of nitrogens with zero attached hydrogens (tertiary/aromatic N) is 1. The van der Waals surface area contributed by atoms with Crippen LogP contribution in [-0.4, -0.2) is 53.4 Å². The molecule has 2 aromatic rings. The van der Waals surface area contributed by atoms with E-state index in [4.69, 9.17) is 15.6 Å². The van der Waals surface area contributed by atoms with Crippen molar-refractivity contribution in [2.45, 2.75) is 37.7 Å². The number of carbonyl (C=O) groups is 2. The lowest BCUT2D eigenvalue weighted by Crippen LogP contribution is -2.45. The molecule has 2 aromatic carbocycles. The van der Waals surface area contributed by atoms with E-state index in [2.05, 4.69) is 0 Å². The Labute approximate surface area is 181 Å². The summed E-state index contributed by atoms with van der Waals surface area (Å²) in [4.78, 5) is 22.8. The quantitative estimate of drug-likeness (QED) is 0.675. The van der Waals surface area contributed by atoms with E-state index in [1.807, 2.05) is 31.2 Å². The smallest absolute Gasteiger partial charge is 0.475 e. The topological polar surface area (TPSA) is 83.6 Å². The molecule has 0 aliphatic carbocycles. The second kappa shape index (κ2) is 10.5. The monoisotopic (exact) mass is 458 g/mol. The molecule has 0 aromatic heterocycles. The van der Waals surface area contributed by atoms with Gasteiger partial charge in [0.1, 0.15) is 12.0 Å². The van der Waals surface area contributed by atoms with Gasteiger partial charge in [0.2, 0.25) is 5.91 Å². The molecule has 10 heteroatoms. The molecule has 1 aliphatic rings. The first kappa shape index (κ1) is 25.3. The van der Waals surface area contributed by atoms with Gasteiger partial charge in [-0.15, -0.1) is 0 Å². The highest BCUT2D eigenvalue weighted by molar-refractivity contribution is 5.83. The van der Waals surface area contributed by atoms with Crippen LogP contribution in [0.3, 0.4) is 0 Å². The SMILES string of the molecule is C[C@@H](c1ccc(-c2ccccc2F)cc1)[C@H](N)C(=O)N1CC[C@H](F)C1.O=C(O)C(F)(F)F. The molecule has 3 atom stereocenters. The number of carboxylic acids is 1. The molecule has 1 saturated heterocycles. The van der Waals surface area contributed by atoms with Crippen molar-refractivity contribution < 1.29 is 36.6 Å². The first-order valence-electron chi connectivity index (χ1n) is 9.75. The third kappa shape index (κ3) is 6.49. The molecule has 32 heavy (non-hydrogen) atoms. The molecule has 1 fully saturated rings. The van der Waals surface area contributed by atoms with Crippen LogP contribution in [0.25, 0.3) is 11.1 Å². The van der Waals surface area contributed by atoms with Crippen molar-refractivity contribution in [3.8, 4) is 11.1 Å². The zero-order valence-electron chi connectivity index (χ0n) is 17.2. The van der Waals surface area contributed by atoms with Crippen molar-refractivity contribution >= 4 is 11.9 Å². The molecule has 5 nitrogen and oxygen atoms in total. The van der Waals surface area contributed by atoms with Crippen LogP contribution in [0.2, 0.25) is 0 Å². The number of hydrogen-bond acceptors (Lipinski definition) is 3. The van der Waals surface area contributed by atoms with Gasteiger partial charge in [-0.2, -0.15) is 13.2 Å². The third-order valence-corrected chi connectivity index (χ3v) is 5.13. The van der Waals surface area contributed by atoms with Gasteiger partial charge in [0.05, 0.1) is 12.6 Å². The van der Waals surface area contributed by atoms with Crippen molar-refractivity contribution in [1.82, 2.24) is 4.90 Å². The van der Waals surface area contributed by atoms with Crippen molar-refractivity contribution in [3.63, 3.8) is 0 Å². The lowest BCUT2D eigenvalue weighted by molar-refractivity contribution is -0.192. The van der Waals surface area contributed by atoms with Gasteiger partial charge in [0.15, 0.2) is 0 Å². The third-order valence-electron chi connectivity index (χ3n) is 5.13. The number of likely N-dealkylation sites (tertiary alicyclic amines) is 1. The normalized spacial score (nSPS) is 17.8. The summed E-state index contributed by atoms with van der Waals surface area (Å²) in [7, 11) is 0. The largest absolute Gasteiger partial charge is 0.490 e. The van der Waals surface area contributed by atoms with Gasteiger partial charge < -0.3 is 15.7 Å². The van der Waals surface area contributed by atoms with E-state index in [-0.39, 0.29) is 24.2 Å². The molecular formula is C22H23F5N2O3. The van der Waals surface area contributed by atoms with Crippen molar-refractivity contribution in [2.24, 2.45) is 5.73 Å². The van der Waals surface area contributed by atoms with Gasteiger partial charge in [-0.1, -0.05) is 49.4 Å². The average Bonchev–Trinajstić information content (AvgIpc) is 3.18. The van der Waals surface area contributed by atoms with Gasteiger partial charge >= 0.3 is 12.1 Å². The molecular weight excluding hydrogens is 435 g/mol. The van der Waals surface area contributed by atoms with Crippen LogP contribution < -0.4 is 5.73 Å². The predicted octanol–water partition coefficient (Wildman–Crippen LogP) is 4.13. The Hall–Kier alpha value is -3.01. The fourth-order valence-electron chi connectivity index (χ4n) is 3.21. The minimum absolute atomic E-state index is 0.130. The summed E-state index contributed by atoms with van der Waals surface area (Å²) in [6.07, 6.45) is -5.66. The summed E-state index contributed by atoms with van der Waals surface area (Å²) in [6, 6.07) is 13.3. The molecule has 3 N–H and O–H groups in total. The number of alkyl halides is 4. The van der Waals surface area contributed by atoms with Crippen molar-refractivity contribution in [1.29, 1.82) is 0 Å². The van der Waals surface area contributed by atoms with Crippen molar-refractivity contribution in [3.05, 3.63) is 59.9 Å². The molecule has 0 saturated carbocycles. The number of carbonyl (C=O) groups excluding carboxylic acids is 1. The summed E-state index contributed by atoms with van der Waals surface area (Å²) in [5, 5.41) is 7.12. The maximum atomic E-state index is 13.9. The van der Waals surface area contributed by atoms with Crippen LogP contribution in [0.4, 0.5) is 22.0 Å². The number of amides is 1. The Kier molecular flexibility index (Phi) is 8.31. The van der Waals surface area contributed by atoms with Crippen LogP contribution in [0.15, 0.2) is 48.5 Å². The van der Waals surface area contributed by atoms with Crippen LogP contribution >= 0.6 is 0 Å². The Morgan fingerprint density at radius 1 is 1.12 bits per heavy atom. The number of aliphatic carboxylic acids is 1. The van der Waals surface area contributed by atoms with E-state index >= 15 is 0 Å². The molecule has 0 bridgehead atoms. The number of halogens is 5. The predicted molar refractivity (Wildman–Crippen MR) is 108 cm³/mol. The highest BCUT2D eigenvalue weighted by Gasteiger charge is 2.38. The Morgan fingerprint density at radius 2 is 1.69 bits per heavy atom. The van der Waals surface area contributed by atoms with Crippen LogP contribution in [0, 0.1) is 5.82 Å². The molecule has 1 amide bonds. The van der Waals surface area contributed by atoms with Gasteiger partial charge in [-0.05, 0) is 23.6 Å². The van der Waals surface area contributed by atoms with Crippen LogP contribution in [0.1, 0.15) is 24.8 Å². The first-order chi connectivity index (χ1) is 14.9. The number of nitrogens with two attached hydrogens (primary N) is 1. The lowest BCUT2D eigenvalue weighted by Gasteiger charge is -2.25.